The Morgan fingerprint density at radius 2 is 2.11 bits per heavy atom. The van der Waals surface area contributed by atoms with Gasteiger partial charge in [0.2, 0.25) is 0 Å². The van der Waals surface area contributed by atoms with Crippen LogP contribution in [0.1, 0.15) is 21.6 Å². The number of carbonyl (C=O) groups is 1. The van der Waals surface area contributed by atoms with E-state index >= 15 is 0 Å². The van der Waals surface area contributed by atoms with Crippen LogP contribution in [0.3, 0.4) is 0 Å². The minimum absolute atomic E-state index is 0.0603. The van der Waals surface area contributed by atoms with Crippen molar-refractivity contribution in [2.75, 3.05) is 7.11 Å². The highest BCUT2D eigenvalue weighted by Crippen LogP contribution is 2.20. The summed E-state index contributed by atoms with van der Waals surface area (Å²) in [6.45, 7) is 1.84. The normalized spacial score (nSPS) is 10.4. The molecule has 2 rings (SSSR count). The highest BCUT2D eigenvalue weighted by atomic mass is 16.5. The molecule has 0 aliphatic rings. The Hall–Kier alpha value is -2.10. The van der Waals surface area contributed by atoms with E-state index in [0.29, 0.717) is 12.0 Å². The van der Waals surface area contributed by atoms with Crippen molar-refractivity contribution in [2.24, 2.45) is 7.05 Å². The predicted molar refractivity (Wildman–Crippen MR) is 69.0 cm³/mol. The number of methoxy groups -OCH3 is 1. The van der Waals surface area contributed by atoms with Gasteiger partial charge in [-0.2, -0.15) is 5.10 Å². The SMILES string of the molecule is COc1ccccc1CC(=O)c1cn(C)nc1C. The number of hydrogen-bond donors (Lipinski definition) is 0. The van der Waals surface area contributed by atoms with Crippen molar-refractivity contribution in [1.82, 2.24) is 9.78 Å². The maximum absolute atomic E-state index is 12.2. The molecule has 1 aromatic heterocycles. The summed E-state index contributed by atoms with van der Waals surface area (Å²) in [7, 11) is 3.42. The van der Waals surface area contributed by atoms with Crippen LogP contribution in [-0.2, 0) is 13.5 Å². The number of rotatable bonds is 4. The zero-order chi connectivity index (χ0) is 13.1. The molecule has 0 spiro atoms. The molecular formula is C14H16N2O2. The van der Waals surface area contributed by atoms with E-state index in [1.54, 1.807) is 18.0 Å². The first-order valence-corrected chi connectivity index (χ1v) is 5.77. The van der Waals surface area contributed by atoms with Crippen LogP contribution in [0.4, 0.5) is 0 Å². The molecule has 0 amide bonds. The first kappa shape index (κ1) is 12.4. The van der Waals surface area contributed by atoms with Gasteiger partial charge in [0, 0.05) is 25.2 Å². The second-order valence-electron chi connectivity index (χ2n) is 4.21. The van der Waals surface area contributed by atoms with E-state index in [4.69, 9.17) is 4.74 Å². The van der Waals surface area contributed by atoms with Gasteiger partial charge in [-0.3, -0.25) is 9.48 Å². The Morgan fingerprint density at radius 3 is 2.72 bits per heavy atom. The van der Waals surface area contributed by atoms with Gasteiger partial charge in [0.25, 0.3) is 0 Å². The smallest absolute Gasteiger partial charge is 0.170 e. The van der Waals surface area contributed by atoms with E-state index in [1.165, 1.54) is 0 Å². The molecule has 0 unspecified atom stereocenters. The van der Waals surface area contributed by atoms with E-state index in [9.17, 15) is 4.79 Å². The summed E-state index contributed by atoms with van der Waals surface area (Å²) in [6.07, 6.45) is 2.09. The second-order valence-corrected chi connectivity index (χ2v) is 4.21. The van der Waals surface area contributed by atoms with Gasteiger partial charge in [-0.1, -0.05) is 18.2 Å². The van der Waals surface area contributed by atoms with E-state index in [-0.39, 0.29) is 5.78 Å². The Kier molecular flexibility index (Phi) is 3.46. The molecule has 4 nitrogen and oxygen atoms in total. The third-order valence-corrected chi connectivity index (χ3v) is 2.86. The summed E-state index contributed by atoms with van der Waals surface area (Å²) in [5.41, 5.74) is 2.33. The summed E-state index contributed by atoms with van der Waals surface area (Å²) < 4.78 is 6.90. The number of hydrogen-bond acceptors (Lipinski definition) is 3. The Bertz CT molecular complexity index is 573. The maximum atomic E-state index is 12.2. The number of aryl methyl sites for hydroxylation is 2. The molecule has 0 fully saturated rings. The number of nitrogens with zero attached hydrogens (tertiary/aromatic N) is 2. The average Bonchev–Trinajstić information content (AvgIpc) is 2.69. The summed E-state index contributed by atoms with van der Waals surface area (Å²) in [5, 5.41) is 4.18. The fourth-order valence-electron chi connectivity index (χ4n) is 1.99. The van der Waals surface area contributed by atoms with Crippen molar-refractivity contribution in [3.05, 3.63) is 47.3 Å². The Labute approximate surface area is 106 Å². The van der Waals surface area contributed by atoms with Gasteiger partial charge < -0.3 is 4.74 Å². The lowest BCUT2D eigenvalue weighted by molar-refractivity contribution is 0.0991. The van der Waals surface area contributed by atoms with Crippen LogP contribution in [0.2, 0.25) is 0 Å². The van der Waals surface area contributed by atoms with Gasteiger partial charge >= 0.3 is 0 Å². The number of aromatic nitrogens is 2. The average molecular weight is 244 g/mol. The molecule has 0 saturated carbocycles. The fraction of sp³-hybridized carbons (Fsp3) is 0.286. The molecular weight excluding hydrogens is 228 g/mol. The summed E-state index contributed by atoms with van der Waals surface area (Å²) >= 11 is 0. The molecule has 4 heteroatoms. The third kappa shape index (κ3) is 2.42. The Balaban J connectivity index is 2.24. The van der Waals surface area contributed by atoms with Crippen molar-refractivity contribution in [2.45, 2.75) is 13.3 Å². The lowest BCUT2D eigenvalue weighted by atomic mass is 10.0. The summed E-state index contributed by atoms with van der Waals surface area (Å²) in [6, 6.07) is 7.56. The molecule has 1 aromatic carbocycles. The zero-order valence-corrected chi connectivity index (χ0v) is 10.8. The molecule has 1 heterocycles. The number of para-hydroxylation sites is 1. The lowest BCUT2D eigenvalue weighted by Gasteiger charge is -2.06. The van der Waals surface area contributed by atoms with Gasteiger partial charge in [-0.25, -0.2) is 0 Å². The molecule has 0 aliphatic heterocycles. The van der Waals surface area contributed by atoms with Crippen LogP contribution < -0.4 is 4.74 Å². The molecule has 0 radical (unpaired) electrons. The van der Waals surface area contributed by atoms with Gasteiger partial charge in [-0.05, 0) is 13.0 Å². The van der Waals surface area contributed by atoms with Crippen LogP contribution in [0.15, 0.2) is 30.5 Å². The number of carbonyl (C=O) groups excluding carboxylic acids is 1. The zero-order valence-electron chi connectivity index (χ0n) is 10.8. The van der Waals surface area contributed by atoms with Crippen molar-refractivity contribution in [3.63, 3.8) is 0 Å². The highest BCUT2D eigenvalue weighted by Gasteiger charge is 2.14. The van der Waals surface area contributed by atoms with Crippen LogP contribution in [0.25, 0.3) is 0 Å². The molecule has 94 valence electrons. The van der Waals surface area contributed by atoms with Gasteiger partial charge in [0.15, 0.2) is 5.78 Å². The van der Waals surface area contributed by atoms with E-state index < -0.39 is 0 Å². The first-order valence-electron chi connectivity index (χ1n) is 5.77. The van der Waals surface area contributed by atoms with E-state index in [2.05, 4.69) is 5.10 Å². The van der Waals surface area contributed by atoms with Crippen LogP contribution in [0, 0.1) is 6.92 Å². The molecule has 2 aromatic rings. The minimum atomic E-state index is 0.0603. The lowest BCUT2D eigenvalue weighted by Crippen LogP contribution is -2.05. The molecule has 0 bridgehead atoms. The summed E-state index contributed by atoms with van der Waals surface area (Å²) in [5.74, 6) is 0.803. The second kappa shape index (κ2) is 5.04. The predicted octanol–water partition coefficient (Wildman–Crippen LogP) is 2.16. The first-order chi connectivity index (χ1) is 8.61. The molecule has 0 N–H and O–H groups in total. The molecule has 0 aliphatic carbocycles. The van der Waals surface area contributed by atoms with Gasteiger partial charge in [0.1, 0.15) is 5.75 Å². The number of ether oxygens (including phenoxy) is 1. The monoisotopic (exact) mass is 244 g/mol. The highest BCUT2D eigenvalue weighted by molar-refractivity contribution is 5.98. The van der Waals surface area contributed by atoms with Crippen molar-refractivity contribution in [3.8, 4) is 5.75 Å². The standard InChI is InChI=1S/C14H16N2O2/c1-10-12(9-16(2)15-10)13(17)8-11-6-4-5-7-14(11)18-3/h4-7,9H,8H2,1-3H3. The quantitative estimate of drug-likeness (QED) is 0.774. The number of Topliss-reactive ketones (excluding diaryl/α,β-unsaturated/α-hetero) is 1. The molecule has 0 atom stereocenters. The van der Waals surface area contributed by atoms with Crippen LogP contribution >= 0.6 is 0 Å². The van der Waals surface area contributed by atoms with E-state index in [0.717, 1.165) is 17.0 Å². The van der Waals surface area contributed by atoms with Crippen molar-refractivity contribution < 1.29 is 9.53 Å². The maximum Gasteiger partial charge on any atom is 0.170 e. The van der Waals surface area contributed by atoms with E-state index in [1.807, 2.05) is 38.2 Å². The van der Waals surface area contributed by atoms with Gasteiger partial charge in [0.05, 0.1) is 18.4 Å². The van der Waals surface area contributed by atoms with Crippen molar-refractivity contribution >= 4 is 5.78 Å². The largest absolute Gasteiger partial charge is 0.496 e. The van der Waals surface area contributed by atoms with Crippen molar-refractivity contribution in [1.29, 1.82) is 0 Å². The van der Waals surface area contributed by atoms with Crippen LogP contribution in [0.5, 0.6) is 5.75 Å². The topological polar surface area (TPSA) is 44.1 Å². The number of benzene rings is 1. The number of ketones is 1. The Morgan fingerprint density at radius 1 is 1.39 bits per heavy atom. The fourth-order valence-corrected chi connectivity index (χ4v) is 1.99. The molecule has 18 heavy (non-hydrogen) atoms. The van der Waals surface area contributed by atoms with Crippen LogP contribution in [-0.4, -0.2) is 22.7 Å². The minimum Gasteiger partial charge on any atom is -0.496 e. The third-order valence-electron chi connectivity index (χ3n) is 2.86. The summed E-state index contributed by atoms with van der Waals surface area (Å²) in [4.78, 5) is 12.2. The van der Waals surface area contributed by atoms with Gasteiger partial charge in [-0.15, -0.1) is 0 Å². The molecule has 0 saturated heterocycles.